The van der Waals surface area contributed by atoms with Crippen LogP contribution in [0, 0.1) is 0 Å². The minimum atomic E-state index is -0.773. The maximum Gasteiger partial charge on any atom is 0.306 e. The zero-order valence-corrected chi connectivity index (χ0v) is 48.2. The monoisotopic (exact) mass is 1010 g/mol. The number of allylic oxidation sites excluding steroid dienone is 8. The Kier molecular flexibility index (Phi) is 58.7. The van der Waals surface area contributed by atoms with Crippen LogP contribution in [0.5, 0.6) is 0 Å². The fourth-order valence-electron chi connectivity index (χ4n) is 9.27. The fourth-order valence-corrected chi connectivity index (χ4v) is 9.27. The van der Waals surface area contributed by atoms with Crippen LogP contribution in [0.3, 0.4) is 0 Å². The van der Waals surface area contributed by atoms with Crippen molar-refractivity contribution in [2.45, 2.75) is 341 Å². The van der Waals surface area contributed by atoms with E-state index in [1.807, 2.05) is 0 Å². The number of unbranched alkanes of at least 4 members (excludes halogenated alkanes) is 39. The number of esters is 3. The molecule has 0 aliphatic heterocycles. The lowest BCUT2D eigenvalue weighted by Gasteiger charge is -2.18. The van der Waals surface area contributed by atoms with Crippen LogP contribution >= 0.6 is 0 Å². The third kappa shape index (κ3) is 58.3. The summed E-state index contributed by atoms with van der Waals surface area (Å²) in [7, 11) is 0. The molecule has 0 bridgehead atoms. The lowest BCUT2D eigenvalue weighted by Crippen LogP contribution is -2.30. The molecule has 0 radical (unpaired) electrons. The molecule has 72 heavy (non-hydrogen) atoms. The zero-order valence-electron chi connectivity index (χ0n) is 48.2. The molecule has 0 spiro atoms. The molecule has 0 fully saturated rings. The number of rotatable bonds is 58. The molecular weight excluding hydrogens is 889 g/mol. The Labute approximate surface area is 448 Å². The van der Waals surface area contributed by atoms with E-state index in [4.69, 9.17) is 14.2 Å². The van der Waals surface area contributed by atoms with Crippen molar-refractivity contribution in [2.24, 2.45) is 0 Å². The molecule has 0 aliphatic carbocycles. The number of carbonyl (C=O) groups is 3. The molecule has 0 heterocycles. The van der Waals surface area contributed by atoms with Gasteiger partial charge in [-0.15, -0.1) is 0 Å². The second kappa shape index (κ2) is 60.9. The van der Waals surface area contributed by atoms with E-state index in [1.54, 1.807) is 0 Å². The highest BCUT2D eigenvalue weighted by atomic mass is 16.6. The van der Waals surface area contributed by atoms with Gasteiger partial charge in [0.2, 0.25) is 0 Å². The Morgan fingerprint density at radius 1 is 0.278 bits per heavy atom. The average Bonchev–Trinajstić information content (AvgIpc) is 3.38. The minimum absolute atomic E-state index is 0.0721. The van der Waals surface area contributed by atoms with E-state index in [-0.39, 0.29) is 31.1 Å². The molecule has 0 saturated carbocycles. The van der Waals surface area contributed by atoms with Crippen LogP contribution in [-0.2, 0) is 28.6 Å². The van der Waals surface area contributed by atoms with Gasteiger partial charge in [-0.3, -0.25) is 14.4 Å². The van der Waals surface area contributed by atoms with Crippen molar-refractivity contribution in [1.82, 2.24) is 0 Å². The molecule has 0 amide bonds. The SMILES string of the molecule is CCCCCC/C=C\CCCCCCCC(=O)OC(COC(=O)CCCCCCCCCCCC)COC(=O)CCCCCCCCCCCCCCCCCC/C=C\C/C=C\C/C=C\CCCCCCC. The smallest absolute Gasteiger partial charge is 0.306 e. The predicted molar refractivity (Wildman–Crippen MR) is 312 cm³/mol. The lowest BCUT2D eigenvalue weighted by molar-refractivity contribution is -0.167. The van der Waals surface area contributed by atoms with Crippen LogP contribution in [0.1, 0.15) is 335 Å². The maximum atomic E-state index is 12.8. The van der Waals surface area contributed by atoms with Gasteiger partial charge in [0.1, 0.15) is 13.2 Å². The Bertz CT molecular complexity index is 1250. The Morgan fingerprint density at radius 2 is 0.500 bits per heavy atom. The molecule has 0 aromatic rings. The normalized spacial score (nSPS) is 12.3. The van der Waals surface area contributed by atoms with Gasteiger partial charge in [0.25, 0.3) is 0 Å². The topological polar surface area (TPSA) is 78.9 Å². The molecular formula is C66H120O6. The standard InChI is InChI=1S/C66H120O6/c1-4-7-10-13-16-19-22-24-25-26-27-28-29-30-31-32-33-34-35-36-37-38-39-40-41-43-44-47-50-53-56-59-65(68)71-62-63(61-70-64(67)58-55-52-49-46-21-18-15-12-9-6-3)72-66(69)60-57-54-51-48-45-42-23-20-17-14-11-8-5-2/h20,22-24,26-27,29-30,63H,4-19,21,25,28,31-62H2,1-3H3/b23-20-,24-22-,27-26-,30-29-. The van der Waals surface area contributed by atoms with E-state index in [2.05, 4.69) is 69.4 Å². The van der Waals surface area contributed by atoms with Crippen LogP contribution in [0.4, 0.5) is 0 Å². The fraction of sp³-hybridized carbons (Fsp3) is 0.833. The van der Waals surface area contributed by atoms with E-state index in [0.717, 1.165) is 77.0 Å². The largest absolute Gasteiger partial charge is 0.462 e. The van der Waals surface area contributed by atoms with Gasteiger partial charge in [-0.05, 0) is 83.5 Å². The van der Waals surface area contributed by atoms with Crippen LogP contribution in [0.25, 0.3) is 0 Å². The van der Waals surface area contributed by atoms with Gasteiger partial charge in [-0.1, -0.05) is 281 Å². The molecule has 420 valence electrons. The molecule has 0 aromatic carbocycles. The van der Waals surface area contributed by atoms with E-state index in [0.29, 0.717) is 19.3 Å². The molecule has 0 aromatic heterocycles. The first-order chi connectivity index (χ1) is 35.5. The van der Waals surface area contributed by atoms with Crippen molar-refractivity contribution in [3.63, 3.8) is 0 Å². The average molecular weight is 1010 g/mol. The van der Waals surface area contributed by atoms with Gasteiger partial charge in [0.15, 0.2) is 6.10 Å². The summed E-state index contributed by atoms with van der Waals surface area (Å²) < 4.78 is 16.9. The van der Waals surface area contributed by atoms with E-state index in [9.17, 15) is 14.4 Å². The molecule has 1 atom stereocenters. The van der Waals surface area contributed by atoms with Gasteiger partial charge < -0.3 is 14.2 Å². The molecule has 0 rings (SSSR count). The van der Waals surface area contributed by atoms with Gasteiger partial charge in [0, 0.05) is 19.3 Å². The Morgan fingerprint density at radius 3 is 0.806 bits per heavy atom. The summed E-state index contributed by atoms with van der Waals surface area (Å²) in [5.74, 6) is -0.867. The molecule has 0 aliphatic rings. The summed E-state index contributed by atoms with van der Waals surface area (Å²) in [6, 6.07) is 0. The summed E-state index contributed by atoms with van der Waals surface area (Å²) in [4.78, 5) is 38.1. The second-order valence-corrected chi connectivity index (χ2v) is 21.3. The van der Waals surface area contributed by atoms with Crippen LogP contribution < -0.4 is 0 Å². The summed E-state index contributed by atoms with van der Waals surface area (Å²) in [6.07, 6.45) is 75.6. The van der Waals surface area contributed by atoms with Gasteiger partial charge in [0.05, 0.1) is 0 Å². The molecule has 0 saturated heterocycles. The highest BCUT2D eigenvalue weighted by Crippen LogP contribution is 2.17. The Hall–Kier alpha value is -2.63. The summed E-state index contributed by atoms with van der Waals surface area (Å²) >= 11 is 0. The van der Waals surface area contributed by atoms with E-state index < -0.39 is 6.10 Å². The maximum absolute atomic E-state index is 12.8. The molecule has 1 unspecified atom stereocenters. The van der Waals surface area contributed by atoms with E-state index >= 15 is 0 Å². The number of ether oxygens (including phenoxy) is 3. The van der Waals surface area contributed by atoms with Crippen molar-refractivity contribution in [2.75, 3.05) is 13.2 Å². The first-order valence-corrected chi connectivity index (χ1v) is 31.6. The predicted octanol–water partition coefficient (Wildman–Crippen LogP) is 21.4. The summed E-state index contributed by atoms with van der Waals surface area (Å²) in [6.45, 7) is 6.63. The third-order valence-electron chi connectivity index (χ3n) is 14.1. The number of hydrogen-bond acceptors (Lipinski definition) is 6. The molecule has 6 heteroatoms. The first kappa shape index (κ1) is 69.4. The van der Waals surface area contributed by atoms with Crippen molar-refractivity contribution in [3.8, 4) is 0 Å². The van der Waals surface area contributed by atoms with Crippen LogP contribution in [0.2, 0.25) is 0 Å². The number of carbonyl (C=O) groups excluding carboxylic acids is 3. The highest BCUT2D eigenvalue weighted by Gasteiger charge is 2.19. The van der Waals surface area contributed by atoms with Crippen molar-refractivity contribution >= 4 is 17.9 Å². The van der Waals surface area contributed by atoms with Crippen molar-refractivity contribution in [3.05, 3.63) is 48.6 Å². The van der Waals surface area contributed by atoms with Crippen LogP contribution in [0.15, 0.2) is 48.6 Å². The highest BCUT2D eigenvalue weighted by molar-refractivity contribution is 5.71. The summed E-state index contributed by atoms with van der Waals surface area (Å²) in [5.41, 5.74) is 0. The van der Waals surface area contributed by atoms with Crippen LogP contribution in [-0.4, -0.2) is 37.2 Å². The lowest BCUT2D eigenvalue weighted by atomic mass is 10.0. The molecule has 0 N–H and O–H groups in total. The third-order valence-corrected chi connectivity index (χ3v) is 14.1. The second-order valence-electron chi connectivity index (χ2n) is 21.3. The first-order valence-electron chi connectivity index (χ1n) is 31.6. The summed E-state index contributed by atoms with van der Waals surface area (Å²) in [5, 5.41) is 0. The van der Waals surface area contributed by atoms with Crippen molar-refractivity contribution < 1.29 is 28.6 Å². The minimum Gasteiger partial charge on any atom is -0.462 e. The zero-order chi connectivity index (χ0) is 52.2. The van der Waals surface area contributed by atoms with E-state index in [1.165, 1.54) is 218 Å². The number of hydrogen-bond donors (Lipinski definition) is 0. The van der Waals surface area contributed by atoms with Crippen molar-refractivity contribution in [1.29, 1.82) is 0 Å². The van der Waals surface area contributed by atoms with Gasteiger partial charge >= 0.3 is 17.9 Å². The quantitative estimate of drug-likeness (QED) is 0.0261. The Balaban J connectivity index is 4.07. The van der Waals surface area contributed by atoms with Gasteiger partial charge in [-0.2, -0.15) is 0 Å². The molecule has 6 nitrogen and oxygen atoms in total. The van der Waals surface area contributed by atoms with Gasteiger partial charge in [-0.25, -0.2) is 0 Å².